The van der Waals surface area contributed by atoms with Crippen molar-refractivity contribution in [2.24, 2.45) is 17.3 Å². The quantitative estimate of drug-likeness (QED) is 0.400. The highest BCUT2D eigenvalue weighted by Crippen LogP contribution is 2.44. The average molecular weight is 640 g/mol. The molecule has 2 aromatic rings. The number of amides is 1. The maximum Gasteiger partial charge on any atom is 0.490 e. The molecule has 2 atom stereocenters. The zero-order chi connectivity index (χ0) is 31.8. The smallest absolute Gasteiger partial charge is 0.475 e. The fraction of sp³-hybridized carbons (Fsp3) is 0.577. The van der Waals surface area contributed by atoms with E-state index >= 15 is 0 Å². The molecule has 3 fully saturated rings. The molecule has 0 bridgehead atoms. The summed E-state index contributed by atoms with van der Waals surface area (Å²) in [5, 5.41) is 19.7. The molecule has 17 heteroatoms. The van der Waals surface area contributed by atoms with Gasteiger partial charge in [-0.25, -0.2) is 19.6 Å². The number of hydrogen-bond donors (Lipinski definition) is 3. The van der Waals surface area contributed by atoms with Crippen molar-refractivity contribution in [2.45, 2.75) is 44.6 Å². The molecule has 43 heavy (non-hydrogen) atoms. The van der Waals surface area contributed by atoms with Crippen LogP contribution in [0.15, 0.2) is 36.0 Å². The predicted molar refractivity (Wildman–Crippen MR) is 142 cm³/mol. The third kappa shape index (κ3) is 10.0. The molecule has 10 nitrogen and oxygen atoms in total. The van der Waals surface area contributed by atoms with Crippen LogP contribution in [0.2, 0.25) is 0 Å². The van der Waals surface area contributed by atoms with Gasteiger partial charge < -0.3 is 20.4 Å². The Bertz CT molecular complexity index is 1190. The van der Waals surface area contributed by atoms with Gasteiger partial charge in [0, 0.05) is 55.9 Å². The zero-order valence-corrected chi connectivity index (χ0v) is 23.6. The van der Waals surface area contributed by atoms with Crippen LogP contribution in [0.3, 0.4) is 0 Å². The molecule has 3 aliphatic rings. The van der Waals surface area contributed by atoms with Gasteiger partial charge in [-0.3, -0.25) is 9.69 Å². The molecule has 1 aliphatic carbocycles. The van der Waals surface area contributed by atoms with E-state index in [9.17, 15) is 31.1 Å². The van der Waals surface area contributed by atoms with Gasteiger partial charge in [-0.1, -0.05) is 6.07 Å². The summed E-state index contributed by atoms with van der Waals surface area (Å²) in [6, 6.07) is 6.18. The summed E-state index contributed by atoms with van der Waals surface area (Å²) in [4.78, 5) is 46.4. The molecule has 2 aromatic heterocycles. The summed E-state index contributed by atoms with van der Waals surface area (Å²) in [5.74, 6) is -3.51. The second-order valence-electron chi connectivity index (χ2n) is 10.5. The molecule has 3 N–H and O–H groups in total. The number of nitrogens with one attached hydrogen (secondary N) is 1. The number of aromatic nitrogens is 2. The van der Waals surface area contributed by atoms with Crippen LogP contribution in [0.25, 0.3) is 0 Å². The molecule has 2 aliphatic heterocycles. The van der Waals surface area contributed by atoms with Gasteiger partial charge in [0.05, 0.1) is 5.41 Å². The van der Waals surface area contributed by atoms with Crippen LogP contribution in [0.1, 0.15) is 30.6 Å². The van der Waals surface area contributed by atoms with E-state index in [1.54, 1.807) is 12.4 Å². The third-order valence-corrected chi connectivity index (χ3v) is 8.11. The normalized spacial score (nSPS) is 22.2. The number of fused-ring (bicyclic) bond motifs is 1. The van der Waals surface area contributed by atoms with Crippen LogP contribution in [0.4, 0.5) is 32.3 Å². The number of likely N-dealkylation sites (tertiary alicyclic amines) is 1. The molecule has 5 rings (SSSR count). The number of anilines is 1. The number of aliphatic carboxylic acids is 2. The Morgan fingerprint density at radius 3 is 2.12 bits per heavy atom. The number of nitrogens with zero attached hydrogens (tertiary/aromatic N) is 4. The molecular formula is C26H31F6N5O5S. The Kier molecular flexibility index (Phi) is 11.3. The molecule has 0 unspecified atom stereocenters. The van der Waals surface area contributed by atoms with E-state index in [1.165, 1.54) is 17.7 Å². The number of carboxylic acids is 2. The first-order chi connectivity index (χ1) is 20.1. The van der Waals surface area contributed by atoms with E-state index in [0.29, 0.717) is 11.8 Å². The highest BCUT2D eigenvalue weighted by atomic mass is 32.1. The summed E-state index contributed by atoms with van der Waals surface area (Å²) in [5.41, 5.74) is -0.335. The summed E-state index contributed by atoms with van der Waals surface area (Å²) < 4.78 is 63.5. The second-order valence-corrected chi connectivity index (χ2v) is 11.5. The minimum absolute atomic E-state index is 0.255. The molecule has 0 radical (unpaired) electrons. The van der Waals surface area contributed by atoms with Crippen LogP contribution >= 0.6 is 11.3 Å². The SMILES string of the molecule is O=C(NCC1CC1)[C@]12CCCN(Cc3cccs3)C[C@H]1CN(c1ncccn1)C2.O=C(O)C(F)(F)F.O=C(O)C(F)(F)F. The maximum atomic E-state index is 13.5. The predicted octanol–water partition coefficient (Wildman–Crippen LogP) is 4.05. The van der Waals surface area contributed by atoms with Crippen molar-refractivity contribution in [3.05, 3.63) is 40.8 Å². The monoisotopic (exact) mass is 639 g/mol. The summed E-state index contributed by atoms with van der Waals surface area (Å²) in [6.07, 6.45) is -2.07. The van der Waals surface area contributed by atoms with Gasteiger partial charge in [-0.2, -0.15) is 26.3 Å². The Morgan fingerprint density at radius 1 is 1.00 bits per heavy atom. The van der Waals surface area contributed by atoms with Crippen LogP contribution in [-0.2, 0) is 20.9 Å². The van der Waals surface area contributed by atoms with Crippen molar-refractivity contribution in [2.75, 3.05) is 37.6 Å². The van der Waals surface area contributed by atoms with Crippen molar-refractivity contribution >= 4 is 35.1 Å². The van der Waals surface area contributed by atoms with Gasteiger partial charge in [0.2, 0.25) is 11.9 Å². The Balaban J connectivity index is 0.000000303. The Labute approximate surface area is 246 Å². The highest BCUT2D eigenvalue weighted by molar-refractivity contribution is 7.09. The Hall–Kier alpha value is -3.47. The highest BCUT2D eigenvalue weighted by Gasteiger charge is 2.53. The lowest BCUT2D eigenvalue weighted by molar-refractivity contribution is -0.193. The molecule has 0 spiro atoms. The minimum Gasteiger partial charge on any atom is -0.475 e. The standard InChI is InChI=1S/C22H29N5OS.2C2HF3O2/c28-20(25-12-17-5-6-17)22-7-2-10-26(15-19-4-1-11-29-19)13-18(22)14-27(16-22)21-23-8-3-9-24-21;2*3-2(4,5)1(6)7/h1,3-4,8-9,11,17-18H,2,5-7,10,12-16H2,(H,25,28);2*(H,6,7)/t18-,22-;;/m0../s1. The molecule has 1 saturated carbocycles. The number of rotatable bonds is 6. The summed E-state index contributed by atoms with van der Waals surface area (Å²) >= 11 is 1.82. The van der Waals surface area contributed by atoms with E-state index in [0.717, 1.165) is 58.1 Å². The second kappa shape index (κ2) is 14.3. The van der Waals surface area contributed by atoms with Crippen molar-refractivity contribution in [3.8, 4) is 0 Å². The van der Waals surface area contributed by atoms with Gasteiger partial charge in [-0.05, 0) is 55.7 Å². The lowest BCUT2D eigenvalue weighted by Gasteiger charge is -2.32. The lowest BCUT2D eigenvalue weighted by atomic mass is 9.74. The third-order valence-electron chi connectivity index (χ3n) is 7.25. The minimum atomic E-state index is -5.08. The fourth-order valence-electron chi connectivity index (χ4n) is 4.99. The van der Waals surface area contributed by atoms with E-state index in [4.69, 9.17) is 19.8 Å². The van der Waals surface area contributed by atoms with Crippen LogP contribution in [0.5, 0.6) is 0 Å². The largest absolute Gasteiger partial charge is 0.490 e. The number of thiophene rings is 1. The van der Waals surface area contributed by atoms with Gasteiger partial charge in [-0.15, -0.1) is 11.3 Å². The molecule has 1 amide bonds. The molecule has 0 aromatic carbocycles. The van der Waals surface area contributed by atoms with Crippen LogP contribution in [0, 0.1) is 17.3 Å². The van der Waals surface area contributed by atoms with Crippen LogP contribution in [-0.4, -0.2) is 88.0 Å². The number of carboxylic acid groups (broad SMARTS) is 2. The van der Waals surface area contributed by atoms with E-state index in [-0.39, 0.29) is 11.3 Å². The Morgan fingerprint density at radius 2 is 1.60 bits per heavy atom. The first-order valence-electron chi connectivity index (χ1n) is 13.3. The average Bonchev–Trinajstić information content (AvgIpc) is 3.54. The van der Waals surface area contributed by atoms with E-state index in [1.807, 2.05) is 17.4 Å². The number of alkyl halides is 6. The fourth-order valence-corrected chi connectivity index (χ4v) is 5.74. The number of carbonyl (C=O) groups is 3. The van der Waals surface area contributed by atoms with E-state index in [2.05, 4.69) is 42.6 Å². The van der Waals surface area contributed by atoms with Crippen molar-refractivity contribution in [1.82, 2.24) is 20.2 Å². The van der Waals surface area contributed by atoms with Crippen molar-refractivity contribution in [3.63, 3.8) is 0 Å². The van der Waals surface area contributed by atoms with Gasteiger partial charge in [0.1, 0.15) is 0 Å². The first kappa shape index (κ1) is 34.0. The topological polar surface area (TPSA) is 136 Å². The molecule has 2 saturated heterocycles. The number of halogens is 6. The number of carbonyl (C=O) groups excluding carboxylic acids is 1. The van der Waals surface area contributed by atoms with Crippen LogP contribution < -0.4 is 10.2 Å². The van der Waals surface area contributed by atoms with Gasteiger partial charge in [0.25, 0.3) is 0 Å². The molecule has 238 valence electrons. The zero-order valence-electron chi connectivity index (χ0n) is 22.8. The van der Waals surface area contributed by atoms with Gasteiger partial charge >= 0.3 is 24.3 Å². The lowest BCUT2D eigenvalue weighted by Crippen LogP contribution is -2.48. The van der Waals surface area contributed by atoms with Crippen molar-refractivity contribution in [1.29, 1.82) is 0 Å². The summed E-state index contributed by atoms with van der Waals surface area (Å²) in [6.45, 7) is 5.42. The molecule has 4 heterocycles. The maximum absolute atomic E-state index is 13.5. The summed E-state index contributed by atoms with van der Waals surface area (Å²) in [7, 11) is 0. The van der Waals surface area contributed by atoms with E-state index < -0.39 is 24.3 Å². The molecular weight excluding hydrogens is 608 g/mol. The van der Waals surface area contributed by atoms with Crippen molar-refractivity contribution < 1.29 is 50.9 Å². The number of hydrogen-bond acceptors (Lipinski definition) is 8. The van der Waals surface area contributed by atoms with Gasteiger partial charge in [0.15, 0.2) is 0 Å². The first-order valence-corrected chi connectivity index (χ1v) is 14.1.